The number of benzene rings is 2. The van der Waals surface area contributed by atoms with Gasteiger partial charge in [0.25, 0.3) is 6.73 Å². The zero-order chi connectivity index (χ0) is 19.8. The minimum atomic E-state index is 0.0859. The van der Waals surface area contributed by atoms with E-state index in [-0.39, 0.29) is 10.8 Å². The van der Waals surface area contributed by atoms with Crippen LogP contribution in [0.25, 0.3) is 0 Å². The van der Waals surface area contributed by atoms with E-state index in [0.717, 1.165) is 18.6 Å². The Hall–Kier alpha value is -2.09. The molecule has 2 aromatic carbocycles. The lowest BCUT2D eigenvalue weighted by atomic mass is 9.75. The fourth-order valence-electron chi connectivity index (χ4n) is 3.56. The number of hydrogen-bond donors (Lipinski definition) is 0. The lowest BCUT2D eigenvalue weighted by molar-refractivity contribution is -0.476. The van der Waals surface area contributed by atoms with Gasteiger partial charge in [0, 0.05) is 17.2 Å². The van der Waals surface area contributed by atoms with Crippen molar-refractivity contribution in [2.24, 2.45) is 0 Å². The van der Waals surface area contributed by atoms with Crippen molar-refractivity contribution < 1.29 is 9.31 Å². The quantitative estimate of drug-likeness (QED) is 0.553. The molecule has 2 heteroatoms. The average Bonchev–Trinajstić information content (AvgIpc) is 2.66. The van der Waals surface area contributed by atoms with Crippen molar-refractivity contribution in [3.63, 3.8) is 0 Å². The SMILES string of the molecule is CCC(C)(C)c1cc2c(c(C(C)(C)CC)c1)OC[N+](c1ccccc1C)=C2. The minimum Gasteiger partial charge on any atom is -0.435 e. The van der Waals surface area contributed by atoms with Crippen molar-refractivity contribution >= 4 is 11.9 Å². The van der Waals surface area contributed by atoms with E-state index in [4.69, 9.17) is 4.74 Å². The molecule has 2 aromatic rings. The Morgan fingerprint density at radius 2 is 1.63 bits per heavy atom. The van der Waals surface area contributed by atoms with Crippen LogP contribution in [0.3, 0.4) is 0 Å². The van der Waals surface area contributed by atoms with Crippen LogP contribution in [-0.4, -0.2) is 17.5 Å². The zero-order valence-corrected chi connectivity index (χ0v) is 18.0. The molecule has 0 N–H and O–H groups in total. The van der Waals surface area contributed by atoms with Gasteiger partial charge in [0.05, 0.1) is 5.56 Å². The molecular weight excluding hydrogens is 330 g/mol. The van der Waals surface area contributed by atoms with Crippen LogP contribution in [0.2, 0.25) is 0 Å². The Bertz CT molecular complexity index is 874. The predicted octanol–water partition coefficient (Wildman–Crippen LogP) is 6.48. The monoisotopic (exact) mass is 364 g/mol. The van der Waals surface area contributed by atoms with Crippen molar-refractivity contribution in [1.29, 1.82) is 0 Å². The molecule has 0 fully saturated rings. The van der Waals surface area contributed by atoms with Gasteiger partial charge in [0.1, 0.15) is 5.75 Å². The third-order valence-corrected chi connectivity index (χ3v) is 6.46. The van der Waals surface area contributed by atoms with Gasteiger partial charge >= 0.3 is 0 Å². The molecule has 0 saturated carbocycles. The molecule has 0 bridgehead atoms. The van der Waals surface area contributed by atoms with Crippen LogP contribution in [0.1, 0.15) is 76.6 Å². The van der Waals surface area contributed by atoms with Crippen LogP contribution in [0.4, 0.5) is 5.69 Å². The van der Waals surface area contributed by atoms with E-state index in [0.29, 0.717) is 6.73 Å². The maximum absolute atomic E-state index is 6.36. The van der Waals surface area contributed by atoms with Gasteiger partial charge in [0.15, 0.2) is 6.21 Å². The van der Waals surface area contributed by atoms with Crippen LogP contribution < -0.4 is 4.74 Å². The van der Waals surface area contributed by atoms with Crippen molar-refractivity contribution in [3.05, 3.63) is 58.7 Å². The summed E-state index contributed by atoms with van der Waals surface area (Å²) < 4.78 is 8.59. The molecule has 1 aliphatic heterocycles. The predicted molar refractivity (Wildman–Crippen MR) is 115 cm³/mol. The first-order valence-electron chi connectivity index (χ1n) is 10.2. The van der Waals surface area contributed by atoms with Crippen molar-refractivity contribution in [3.8, 4) is 5.75 Å². The third kappa shape index (κ3) is 3.67. The maximum Gasteiger partial charge on any atom is 0.292 e. The first-order chi connectivity index (χ1) is 12.7. The number of hydrogen-bond acceptors (Lipinski definition) is 1. The summed E-state index contributed by atoms with van der Waals surface area (Å²) in [6.07, 6.45) is 4.46. The fourth-order valence-corrected chi connectivity index (χ4v) is 3.56. The highest BCUT2D eigenvalue weighted by Crippen LogP contribution is 2.41. The standard InChI is InChI=1S/C25H34NO/c1-8-24(4,5)20-14-19-16-26(22-13-11-10-12-18(22)3)17-27-23(19)21(15-20)25(6,7)9-2/h10-16H,8-9,17H2,1-7H3/q+1. The van der Waals surface area contributed by atoms with E-state index in [2.05, 4.69) is 95.7 Å². The number of ether oxygens (including phenoxy) is 1. The zero-order valence-electron chi connectivity index (χ0n) is 18.0. The molecule has 144 valence electrons. The molecule has 0 amide bonds. The van der Waals surface area contributed by atoms with Crippen LogP contribution in [0, 0.1) is 6.92 Å². The Morgan fingerprint density at radius 3 is 2.26 bits per heavy atom. The second-order valence-corrected chi connectivity index (χ2v) is 9.08. The number of aryl methyl sites for hydroxylation is 1. The summed E-state index contributed by atoms with van der Waals surface area (Å²) in [5.74, 6) is 1.06. The van der Waals surface area contributed by atoms with Crippen molar-refractivity contribution in [2.45, 2.75) is 72.1 Å². The third-order valence-electron chi connectivity index (χ3n) is 6.46. The second-order valence-electron chi connectivity index (χ2n) is 9.08. The molecule has 0 aromatic heterocycles. The molecule has 0 atom stereocenters. The van der Waals surface area contributed by atoms with Gasteiger partial charge in [-0.3, -0.25) is 0 Å². The summed E-state index contributed by atoms with van der Waals surface area (Å²) in [4.78, 5) is 0. The number of fused-ring (bicyclic) bond motifs is 1. The van der Waals surface area contributed by atoms with Crippen LogP contribution in [0.15, 0.2) is 36.4 Å². The summed E-state index contributed by atoms with van der Waals surface area (Å²) in [6.45, 7) is 16.5. The highest BCUT2D eigenvalue weighted by molar-refractivity contribution is 5.83. The summed E-state index contributed by atoms with van der Waals surface area (Å²) in [7, 11) is 0. The molecule has 1 aliphatic rings. The summed E-state index contributed by atoms with van der Waals surface area (Å²) in [5.41, 5.74) is 6.63. The Labute approximate surface area is 164 Å². The minimum absolute atomic E-state index is 0.0859. The first kappa shape index (κ1) is 19.7. The molecule has 0 spiro atoms. The normalized spacial score (nSPS) is 14.4. The summed E-state index contributed by atoms with van der Waals surface area (Å²) in [6, 6.07) is 13.2. The number of rotatable bonds is 5. The smallest absolute Gasteiger partial charge is 0.292 e. The second kappa shape index (κ2) is 7.14. The Morgan fingerprint density at radius 1 is 0.963 bits per heavy atom. The molecular formula is C25H34NO+. The van der Waals surface area contributed by atoms with Gasteiger partial charge < -0.3 is 4.74 Å². The first-order valence-corrected chi connectivity index (χ1v) is 10.2. The van der Waals surface area contributed by atoms with E-state index in [1.54, 1.807) is 0 Å². The maximum atomic E-state index is 6.36. The van der Waals surface area contributed by atoms with E-state index in [1.165, 1.54) is 27.9 Å². The highest BCUT2D eigenvalue weighted by Gasteiger charge is 2.32. The lowest BCUT2D eigenvalue weighted by Crippen LogP contribution is -2.27. The van der Waals surface area contributed by atoms with Gasteiger partial charge in [-0.25, -0.2) is 0 Å². The summed E-state index contributed by atoms with van der Waals surface area (Å²) in [5, 5.41) is 0. The van der Waals surface area contributed by atoms with Crippen molar-refractivity contribution in [2.75, 3.05) is 6.73 Å². The molecule has 0 radical (unpaired) electrons. The topological polar surface area (TPSA) is 12.2 Å². The molecule has 3 rings (SSSR count). The summed E-state index contributed by atoms with van der Waals surface area (Å²) >= 11 is 0. The molecule has 0 unspecified atom stereocenters. The fraction of sp³-hybridized carbons (Fsp3) is 0.480. The highest BCUT2D eigenvalue weighted by atomic mass is 16.5. The largest absolute Gasteiger partial charge is 0.435 e. The molecule has 0 aliphatic carbocycles. The lowest BCUT2D eigenvalue weighted by Gasteiger charge is -2.32. The van der Waals surface area contributed by atoms with Crippen molar-refractivity contribution in [1.82, 2.24) is 0 Å². The molecule has 27 heavy (non-hydrogen) atoms. The van der Waals surface area contributed by atoms with E-state index in [1.807, 2.05) is 0 Å². The van der Waals surface area contributed by atoms with E-state index < -0.39 is 0 Å². The van der Waals surface area contributed by atoms with Gasteiger partial charge in [-0.15, -0.1) is 0 Å². The van der Waals surface area contributed by atoms with E-state index >= 15 is 0 Å². The number of para-hydroxylation sites is 1. The van der Waals surface area contributed by atoms with E-state index in [9.17, 15) is 0 Å². The molecule has 2 nitrogen and oxygen atoms in total. The van der Waals surface area contributed by atoms with Gasteiger partial charge in [0.2, 0.25) is 5.69 Å². The van der Waals surface area contributed by atoms with Gasteiger partial charge in [-0.05, 0) is 42.2 Å². The van der Waals surface area contributed by atoms with Crippen LogP contribution in [0.5, 0.6) is 5.75 Å². The Balaban J connectivity index is 2.21. The molecule has 1 heterocycles. The molecule has 0 saturated heterocycles. The average molecular weight is 365 g/mol. The van der Waals surface area contributed by atoms with Gasteiger partial charge in [-0.2, -0.15) is 4.58 Å². The van der Waals surface area contributed by atoms with Gasteiger partial charge in [-0.1, -0.05) is 65.8 Å². The number of nitrogens with zero attached hydrogens (tertiary/aromatic N) is 1. The Kier molecular flexibility index (Phi) is 5.20. The van der Waals surface area contributed by atoms with Crippen LogP contribution in [-0.2, 0) is 10.8 Å². The van der Waals surface area contributed by atoms with Crippen LogP contribution >= 0.6 is 0 Å².